The summed E-state index contributed by atoms with van der Waals surface area (Å²) in [4.78, 5) is 30.0. The number of unbranched alkanes of at least 4 members (excludes halogenated alkanes) is 18. The van der Waals surface area contributed by atoms with E-state index in [9.17, 15) is 9.59 Å². The molecule has 0 bridgehead atoms. The highest BCUT2D eigenvalue weighted by molar-refractivity contribution is 7.18. The van der Waals surface area contributed by atoms with Crippen LogP contribution < -0.4 is 0 Å². The lowest BCUT2D eigenvalue weighted by Crippen LogP contribution is -2.30. The molecule has 1 atom stereocenters. The van der Waals surface area contributed by atoms with Crippen molar-refractivity contribution in [1.29, 1.82) is 0 Å². The van der Waals surface area contributed by atoms with Gasteiger partial charge in [0.1, 0.15) is 0 Å². The first-order valence-electron chi connectivity index (χ1n) is 30.2. The highest BCUT2D eigenvalue weighted by Gasteiger charge is 2.53. The maximum atomic E-state index is 13.1. The minimum Gasteiger partial charge on any atom is -0.297 e. The van der Waals surface area contributed by atoms with Crippen LogP contribution in [0.3, 0.4) is 0 Å². The van der Waals surface area contributed by atoms with Gasteiger partial charge in [0.15, 0.2) is 12.6 Å². The monoisotopic (exact) mass is 1050 g/mol. The largest absolute Gasteiger partial charge is 0.297 e. The van der Waals surface area contributed by atoms with Crippen LogP contribution in [0.4, 0.5) is 0 Å². The van der Waals surface area contributed by atoms with E-state index in [1.54, 1.807) is 22.7 Å². The molecular weight excluding hydrogens is 961 g/mol. The molecule has 0 aliphatic heterocycles. The summed E-state index contributed by atoms with van der Waals surface area (Å²) in [6, 6.07) is 47.8. The van der Waals surface area contributed by atoms with Gasteiger partial charge in [-0.25, -0.2) is 0 Å². The molecule has 0 saturated carbocycles. The molecule has 2 aromatic heterocycles. The first kappa shape index (κ1) is 55.6. The summed E-state index contributed by atoms with van der Waals surface area (Å²) in [6.45, 7) is 9.14. The number of carbonyl (C=O) groups is 2. The Morgan fingerprint density at radius 1 is 0.316 bits per heavy atom. The fraction of sp³-hybridized carbons (Fsp3) is 0.444. The van der Waals surface area contributed by atoms with Gasteiger partial charge in [-0.05, 0) is 154 Å². The summed E-state index contributed by atoms with van der Waals surface area (Å²) >= 11 is 3.29. The summed E-state index contributed by atoms with van der Waals surface area (Å²) in [6.07, 6.45) is 34.5. The lowest BCUT2D eigenvalue weighted by molar-refractivity contribution is 0.111. The van der Waals surface area contributed by atoms with Crippen molar-refractivity contribution < 1.29 is 9.59 Å². The van der Waals surface area contributed by atoms with Crippen molar-refractivity contribution in [3.05, 3.63) is 198 Å². The molecule has 0 fully saturated rings. The highest BCUT2D eigenvalue weighted by Crippen LogP contribution is 2.65. The van der Waals surface area contributed by atoms with Crippen LogP contribution in [0.5, 0.6) is 0 Å². The van der Waals surface area contributed by atoms with Gasteiger partial charge in [-0.3, -0.25) is 9.59 Å². The van der Waals surface area contributed by atoms with Gasteiger partial charge in [-0.1, -0.05) is 240 Å². The third-order valence-corrected chi connectivity index (χ3v) is 19.5. The van der Waals surface area contributed by atoms with Crippen LogP contribution in [-0.2, 0) is 36.5 Å². The molecule has 1 unspecified atom stereocenters. The summed E-state index contributed by atoms with van der Waals surface area (Å²) in [5, 5.41) is 0. The number of thiophene rings is 2. The molecule has 398 valence electrons. The van der Waals surface area contributed by atoms with E-state index in [0.717, 1.165) is 48.0 Å². The number of fused-ring (bicyclic) bond motifs is 6. The first-order chi connectivity index (χ1) is 37.4. The Bertz CT molecular complexity index is 2890. The quantitative estimate of drug-likeness (QED) is 0.0311. The second kappa shape index (κ2) is 26.9. The third-order valence-electron chi connectivity index (χ3n) is 17.3. The average Bonchev–Trinajstić information content (AvgIpc) is 4.35. The van der Waals surface area contributed by atoms with Crippen molar-refractivity contribution in [2.24, 2.45) is 0 Å². The standard InChI is InChI=1S/C72H86O2S2/c1-5-9-13-17-20-24-28-54-33-41-58(42-34-54)71(57-39-31-53(32-40-57)27-23-16-12-8-4)65-49-64-66(50-63(65)69-67(71)47-61(51-73)75-69)72(68-48-62(52-74)76-70(64)68,59-43-35-55(36-44-59)29-25-21-18-14-10-6-2)60-45-37-56(38-46-60)30-26-22-19-15-11-7-3/h31-52H,5-30H2,1-4H3. The van der Waals surface area contributed by atoms with Gasteiger partial charge in [0, 0.05) is 9.75 Å². The molecule has 9 rings (SSSR count). The highest BCUT2D eigenvalue weighted by atomic mass is 32.1. The van der Waals surface area contributed by atoms with Crippen molar-refractivity contribution in [2.45, 2.75) is 205 Å². The molecule has 7 aromatic rings. The van der Waals surface area contributed by atoms with Crippen molar-refractivity contribution in [2.75, 3.05) is 0 Å². The van der Waals surface area contributed by atoms with Crippen LogP contribution in [0.25, 0.3) is 20.9 Å². The zero-order valence-corrected chi connectivity index (χ0v) is 48.4. The molecule has 2 aliphatic rings. The summed E-state index contributed by atoms with van der Waals surface area (Å²) < 4.78 is 0. The minimum atomic E-state index is -0.664. The van der Waals surface area contributed by atoms with Crippen LogP contribution in [0.1, 0.15) is 255 Å². The molecule has 0 N–H and O–H groups in total. The SMILES string of the molecule is CCCCCCCCc1ccc(C2(c3ccc(CCCCCC)cc3)c3cc4c(cc3-c3sc(C=O)cc32)C(c2ccc(CCCCCCCC)cc2)(c2ccc(CCCCCCCC)cc2)c2cc(C=O)sc2-4)cc1. The fourth-order valence-corrected chi connectivity index (χ4v) is 15.2. The van der Waals surface area contributed by atoms with Crippen LogP contribution in [0.2, 0.25) is 0 Å². The topological polar surface area (TPSA) is 34.1 Å². The van der Waals surface area contributed by atoms with Gasteiger partial charge in [0.05, 0.1) is 20.6 Å². The summed E-state index contributed by atoms with van der Waals surface area (Å²) in [5.41, 5.74) is 16.5. The Kier molecular flexibility index (Phi) is 19.7. The lowest BCUT2D eigenvalue weighted by Gasteiger charge is -2.35. The van der Waals surface area contributed by atoms with E-state index < -0.39 is 10.8 Å². The van der Waals surface area contributed by atoms with Crippen LogP contribution in [0, 0.1) is 0 Å². The second-order valence-electron chi connectivity index (χ2n) is 22.6. The van der Waals surface area contributed by atoms with Crippen molar-refractivity contribution in [1.82, 2.24) is 0 Å². The van der Waals surface area contributed by atoms with E-state index in [1.807, 2.05) is 0 Å². The molecule has 4 heteroatoms. The Balaban J connectivity index is 1.21. The normalized spacial score (nSPS) is 14.9. The van der Waals surface area contributed by atoms with Crippen LogP contribution in [0.15, 0.2) is 121 Å². The van der Waals surface area contributed by atoms with Gasteiger partial charge >= 0.3 is 0 Å². The smallest absolute Gasteiger partial charge is 0.160 e. The number of benzene rings is 5. The molecule has 0 saturated heterocycles. The summed E-state index contributed by atoms with van der Waals surface area (Å²) in [5.74, 6) is 0. The number of hydrogen-bond donors (Lipinski definition) is 0. The maximum absolute atomic E-state index is 13.1. The average molecular weight is 1050 g/mol. The van der Waals surface area contributed by atoms with Crippen molar-refractivity contribution >= 4 is 35.2 Å². The Labute approximate surface area is 466 Å². The number of aldehydes is 2. The van der Waals surface area contributed by atoms with E-state index in [2.05, 4.69) is 149 Å². The molecule has 0 radical (unpaired) electrons. The van der Waals surface area contributed by atoms with Crippen LogP contribution in [-0.4, -0.2) is 12.6 Å². The van der Waals surface area contributed by atoms with E-state index in [0.29, 0.717) is 0 Å². The number of carbonyl (C=O) groups excluding carboxylic acids is 2. The van der Waals surface area contributed by atoms with E-state index in [1.165, 1.54) is 229 Å². The van der Waals surface area contributed by atoms with Gasteiger partial charge in [0.25, 0.3) is 0 Å². The van der Waals surface area contributed by atoms with E-state index in [-0.39, 0.29) is 0 Å². The zero-order chi connectivity index (χ0) is 52.7. The van der Waals surface area contributed by atoms with Crippen LogP contribution >= 0.6 is 22.7 Å². The molecule has 5 aromatic carbocycles. The minimum absolute atomic E-state index is 0.663. The molecule has 0 spiro atoms. The molecule has 2 aliphatic carbocycles. The fourth-order valence-electron chi connectivity index (χ4n) is 13.1. The number of aryl methyl sites for hydroxylation is 4. The number of rotatable bonds is 32. The molecule has 76 heavy (non-hydrogen) atoms. The zero-order valence-electron chi connectivity index (χ0n) is 46.7. The first-order valence-corrected chi connectivity index (χ1v) is 31.8. The van der Waals surface area contributed by atoms with Gasteiger partial charge in [0.2, 0.25) is 0 Å². The third kappa shape index (κ3) is 11.7. The Morgan fingerprint density at radius 2 is 0.566 bits per heavy atom. The Morgan fingerprint density at radius 3 is 0.829 bits per heavy atom. The Hall–Kier alpha value is -5.16. The molecule has 0 amide bonds. The maximum Gasteiger partial charge on any atom is 0.160 e. The van der Waals surface area contributed by atoms with Crippen molar-refractivity contribution in [3.63, 3.8) is 0 Å². The van der Waals surface area contributed by atoms with E-state index >= 15 is 0 Å². The molecule has 2 nitrogen and oxygen atoms in total. The van der Waals surface area contributed by atoms with Gasteiger partial charge < -0.3 is 0 Å². The second-order valence-corrected chi connectivity index (χ2v) is 24.8. The van der Waals surface area contributed by atoms with Crippen molar-refractivity contribution in [3.8, 4) is 20.9 Å². The van der Waals surface area contributed by atoms with E-state index in [4.69, 9.17) is 0 Å². The molecule has 2 heterocycles. The predicted octanol–water partition coefficient (Wildman–Crippen LogP) is 21.0. The lowest BCUT2D eigenvalue weighted by atomic mass is 9.65. The predicted molar refractivity (Wildman–Crippen MR) is 327 cm³/mol. The summed E-state index contributed by atoms with van der Waals surface area (Å²) in [7, 11) is 0. The number of hydrogen-bond acceptors (Lipinski definition) is 4. The molecular formula is C72H86O2S2. The van der Waals surface area contributed by atoms with Gasteiger partial charge in [-0.15, -0.1) is 22.7 Å². The van der Waals surface area contributed by atoms with Gasteiger partial charge in [-0.2, -0.15) is 0 Å².